The number of alkyl halides is 1. The standard InChI is InChI=1S/C29H27IN2O4S/c1-29(30)18-37-27-23(31-22(33)17-19-11-5-2-6-12-19)26(34)32(27)25(29)28(35)36-24(20-13-7-3-8-14-20)21-15-9-4-10-16-21/h2-16,23-25,27H,17-18H2,1H3,(H,31,33)/t23?,25?,27-,29?/m1/s1. The van der Waals surface area contributed by atoms with Gasteiger partial charge < -0.3 is 15.0 Å². The molecule has 190 valence electrons. The fraction of sp³-hybridized carbons (Fsp3) is 0.276. The third-order valence-electron chi connectivity index (χ3n) is 6.65. The van der Waals surface area contributed by atoms with Gasteiger partial charge in [0, 0.05) is 5.75 Å². The van der Waals surface area contributed by atoms with Crippen LogP contribution in [-0.2, 0) is 25.5 Å². The second kappa shape index (κ2) is 10.9. The topological polar surface area (TPSA) is 75.7 Å². The molecule has 2 aliphatic heterocycles. The number of amides is 2. The maximum absolute atomic E-state index is 13.8. The highest BCUT2D eigenvalue weighted by Crippen LogP contribution is 2.47. The monoisotopic (exact) mass is 626 g/mol. The van der Waals surface area contributed by atoms with Crippen LogP contribution in [0.2, 0.25) is 0 Å². The molecule has 8 heteroatoms. The average Bonchev–Trinajstić information content (AvgIpc) is 2.91. The van der Waals surface area contributed by atoms with Gasteiger partial charge in [-0.3, -0.25) is 9.59 Å². The van der Waals surface area contributed by atoms with Crippen molar-refractivity contribution in [3.63, 3.8) is 0 Å². The van der Waals surface area contributed by atoms with Crippen LogP contribution in [0.4, 0.5) is 0 Å². The summed E-state index contributed by atoms with van der Waals surface area (Å²) in [6.45, 7) is 1.97. The minimum absolute atomic E-state index is 0.202. The van der Waals surface area contributed by atoms with Gasteiger partial charge in [0.15, 0.2) is 6.10 Å². The molecular formula is C29H27IN2O4S. The Morgan fingerprint density at radius 3 is 2.11 bits per heavy atom. The zero-order chi connectivity index (χ0) is 26.0. The zero-order valence-corrected chi connectivity index (χ0v) is 23.2. The van der Waals surface area contributed by atoms with E-state index in [1.807, 2.05) is 97.9 Å². The van der Waals surface area contributed by atoms with Gasteiger partial charge >= 0.3 is 5.97 Å². The van der Waals surface area contributed by atoms with E-state index >= 15 is 0 Å². The fourth-order valence-electron chi connectivity index (χ4n) is 4.82. The lowest BCUT2D eigenvalue weighted by molar-refractivity contribution is -0.169. The molecule has 2 amide bonds. The lowest BCUT2D eigenvalue weighted by Gasteiger charge is -2.56. The summed E-state index contributed by atoms with van der Waals surface area (Å²) in [5, 5.41) is 2.58. The van der Waals surface area contributed by atoms with Crippen LogP contribution >= 0.6 is 34.4 Å². The van der Waals surface area contributed by atoms with Gasteiger partial charge in [-0.2, -0.15) is 0 Å². The molecule has 0 aliphatic carbocycles. The number of hydrogen-bond acceptors (Lipinski definition) is 5. The first-order valence-electron chi connectivity index (χ1n) is 12.1. The molecule has 37 heavy (non-hydrogen) atoms. The zero-order valence-electron chi connectivity index (χ0n) is 20.3. The Balaban J connectivity index is 1.33. The summed E-state index contributed by atoms with van der Waals surface area (Å²) in [5.41, 5.74) is 2.61. The van der Waals surface area contributed by atoms with Gasteiger partial charge in [-0.05, 0) is 23.6 Å². The molecule has 2 fully saturated rings. The minimum atomic E-state index is -0.760. The number of benzene rings is 3. The Morgan fingerprint density at radius 1 is 1.00 bits per heavy atom. The van der Waals surface area contributed by atoms with Crippen molar-refractivity contribution in [2.75, 3.05) is 5.75 Å². The number of halogens is 1. The number of nitrogens with one attached hydrogen (secondary N) is 1. The molecular weight excluding hydrogens is 599 g/mol. The van der Waals surface area contributed by atoms with Crippen LogP contribution in [0, 0.1) is 0 Å². The fourth-order valence-corrected chi connectivity index (χ4v) is 7.33. The summed E-state index contributed by atoms with van der Waals surface area (Å²) < 4.78 is 5.63. The number of fused-ring (bicyclic) bond motifs is 1. The van der Waals surface area contributed by atoms with Crippen molar-refractivity contribution in [1.82, 2.24) is 10.2 Å². The second-order valence-corrected chi connectivity index (χ2v) is 13.0. The van der Waals surface area contributed by atoms with Gasteiger partial charge in [0.25, 0.3) is 0 Å². The SMILES string of the molecule is CC1(I)CS[C@@H]2C(NC(=O)Cc3ccccc3)C(=O)N2C1C(=O)OC(c1ccccc1)c1ccccc1. The van der Waals surface area contributed by atoms with Gasteiger partial charge in [0.05, 0.1) is 9.84 Å². The molecule has 2 aliphatic rings. The Labute approximate surface area is 234 Å². The van der Waals surface area contributed by atoms with Crippen LogP contribution in [0.5, 0.6) is 0 Å². The first-order valence-corrected chi connectivity index (χ1v) is 14.2. The molecule has 0 spiro atoms. The van der Waals surface area contributed by atoms with Crippen molar-refractivity contribution in [2.24, 2.45) is 0 Å². The summed E-state index contributed by atoms with van der Waals surface area (Å²) in [4.78, 5) is 41.3. The van der Waals surface area contributed by atoms with Gasteiger partial charge in [-0.1, -0.05) is 114 Å². The number of nitrogens with zero attached hydrogens (tertiary/aromatic N) is 1. The number of rotatable bonds is 7. The van der Waals surface area contributed by atoms with Gasteiger partial charge in [-0.25, -0.2) is 4.79 Å². The number of β-lactam (4-membered cyclic amide) rings is 1. The lowest BCUT2D eigenvalue weighted by Crippen LogP contribution is -2.78. The molecule has 6 nitrogen and oxygen atoms in total. The van der Waals surface area contributed by atoms with E-state index in [4.69, 9.17) is 4.74 Å². The Bertz CT molecular complexity index is 1230. The Hall–Kier alpha value is -2.85. The maximum Gasteiger partial charge on any atom is 0.331 e. The normalized spacial score (nSPS) is 24.7. The van der Waals surface area contributed by atoms with Crippen LogP contribution in [0.15, 0.2) is 91.0 Å². The maximum atomic E-state index is 13.8. The van der Waals surface area contributed by atoms with E-state index in [1.165, 1.54) is 0 Å². The Morgan fingerprint density at radius 2 is 1.54 bits per heavy atom. The average molecular weight is 627 g/mol. The summed E-state index contributed by atoms with van der Waals surface area (Å²) in [6, 6.07) is 27.2. The van der Waals surface area contributed by atoms with E-state index in [-0.39, 0.29) is 23.6 Å². The molecule has 2 heterocycles. The molecule has 2 saturated heterocycles. The van der Waals surface area contributed by atoms with E-state index < -0.39 is 27.6 Å². The largest absolute Gasteiger partial charge is 0.451 e. The van der Waals surface area contributed by atoms with Gasteiger partial charge in [0.1, 0.15) is 17.5 Å². The third-order valence-corrected chi connectivity index (χ3v) is 9.75. The van der Waals surface area contributed by atoms with E-state index in [0.717, 1.165) is 16.7 Å². The van der Waals surface area contributed by atoms with Crippen molar-refractivity contribution in [3.05, 3.63) is 108 Å². The number of esters is 1. The number of ether oxygens (including phenoxy) is 1. The molecule has 3 unspecified atom stereocenters. The molecule has 5 rings (SSSR count). The van der Waals surface area contributed by atoms with Crippen LogP contribution < -0.4 is 5.32 Å². The number of carbonyl (C=O) groups is 3. The van der Waals surface area contributed by atoms with E-state index in [0.29, 0.717) is 5.75 Å². The van der Waals surface area contributed by atoms with Gasteiger partial charge in [-0.15, -0.1) is 11.8 Å². The van der Waals surface area contributed by atoms with Crippen molar-refractivity contribution in [2.45, 2.75) is 40.3 Å². The Kier molecular flexibility index (Phi) is 7.57. The summed E-state index contributed by atoms with van der Waals surface area (Å²) >= 11 is 3.85. The van der Waals surface area contributed by atoms with Crippen molar-refractivity contribution >= 4 is 52.1 Å². The lowest BCUT2D eigenvalue weighted by atomic mass is 9.94. The molecule has 0 bridgehead atoms. The molecule has 0 saturated carbocycles. The molecule has 1 N–H and O–H groups in total. The van der Waals surface area contributed by atoms with Crippen molar-refractivity contribution < 1.29 is 19.1 Å². The first kappa shape index (κ1) is 25.8. The van der Waals surface area contributed by atoms with Crippen LogP contribution in [0.1, 0.15) is 29.7 Å². The number of thioether (sulfide) groups is 1. The van der Waals surface area contributed by atoms with Crippen molar-refractivity contribution in [1.29, 1.82) is 0 Å². The molecule has 0 radical (unpaired) electrons. The highest BCUT2D eigenvalue weighted by Gasteiger charge is 2.61. The minimum Gasteiger partial charge on any atom is -0.451 e. The highest BCUT2D eigenvalue weighted by molar-refractivity contribution is 14.1. The summed E-state index contributed by atoms with van der Waals surface area (Å²) in [5.74, 6) is -0.254. The first-order chi connectivity index (χ1) is 17.8. The predicted molar refractivity (Wildman–Crippen MR) is 152 cm³/mol. The molecule has 0 aromatic heterocycles. The summed E-state index contributed by atoms with van der Waals surface area (Å²) in [7, 11) is 0. The van der Waals surface area contributed by atoms with E-state index in [2.05, 4.69) is 27.9 Å². The summed E-state index contributed by atoms with van der Waals surface area (Å²) in [6.07, 6.45) is -0.388. The van der Waals surface area contributed by atoms with Crippen molar-refractivity contribution in [3.8, 4) is 0 Å². The molecule has 3 aromatic carbocycles. The van der Waals surface area contributed by atoms with E-state index in [1.54, 1.807) is 16.7 Å². The van der Waals surface area contributed by atoms with Gasteiger partial charge in [0.2, 0.25) is 11.8 Å². The van der Waals surface area contributed by atoms with Crippen LogP contribution in [0.25, 0.3) is 0 Å². The van der Waals surface area contributed by atoms with Crippen LogP contribution in [0.3, 0.4) is 0 Å². The van der Waals surface area contributed by atoms with Crippen LogP contribution in [-0.4, -0.2) is 49.3 Å². The number of carbonyl (C=O) groups excluding carboxylic acids is 3. The van der Waals surface area contributed by atoms with E-state index in [9.17, 15) is 14.4 Å². The quantitative estimate of drug-likeness (QED) is 0.181. The second-order valence-electron chi connectivity index (χ2n) is 9.47. The highest BCUT2D eigenvalue weighted by atomic mass is 127. The molecule has 3 aromatic rings. The smallest absolute Gasteiger partial charge is 0.331 e. The predicted octanol–water partition coefficient (Wildman–Crippen LogP) is 4.52. The molecule has 4 atom stereocenters. The third kappa shape index (κ3) is 5.40. The number of hydrogen-bond donors (Lipinski definition) is 1.